The second-order valence-corrected chi connectivity index (χ2v) is 5.20. The third-order valence-electron chi connectivity index (χ3n) is 3.76. The maximum atomic E-state index is 12.4. The van der Waals surface area contributed by atoms with Crippen molar-refractivity contribution >= 4 is 5.78 Å². The highest BCUT2D eigenvalue weighted by Crippen LogP contribution is 2.33. The quantitative estimate of drug-likeness (QED) is 0.761. The molecule has 1 fully saturated rings. The average Bonchev–Trinajstić information content (AvgIpc) is 2.39. The van der Waals surface area contributed by atoms with E-state index in [-0.39, 0.29) is 23.0 Å². The molecule has 1 aromatic rings. The van der Waals surface area contributed by atoms with Crippen LogP contribution in [0.1, 0.15) is 43.0 Å². The standard InChI is InChI=1S/C15H18F2O2/c1-10-6-8-11(9-7-10)14(18)12-4-2-3-5-13(12)19-15(16)17/h2-5,10-11,15H,6-9H2,1H3. The van der Waals surface area contributed by atoms with Crippen molar-refractivity contribution in [2.75, 3.05) is 0 Å². The molecule has 0 aliphatic heterocycles. The van der Waals surface area contributed by atoms with E-state index in [1.54, 1.807) is 18.2 Å². The van der Waals surface area contributed by atoms with Crippen LogP contribution in [0.4, 0.5) is 8.78 Å². The molecule has 0 spiro atoms. The summed E-state index contributed by atoms with van der Waals surface area (Å²) in [5.74, 6) is 0.513. The molecule has 1 aliphatic rings. The molecule has 19 heavy (non-hydrogen) atoms. The van der Waals surface area contributed by atoms with E-state index >= 15 is 0 Å². The SMILES string of the molecule is CC1CCC(C(=O)c2ccccc2OC(F)F)CC1. The highest BCUT2D eigenvalue weighted by molar-refractivity contribution is 6.00. The Bertz CT molecular complexity index is 438. The highest BCUT2D eigenvalue weighted by atomic mass is 19.3. The predicted molar refractivity (Wildman–Crippen MR) is 68.5 cm³/mol. The zero-order valence-electron chi connectivity index (χ0n) is 10.9. The van der Waals surface area contributed by atoms with Gasteiger partial charge in [-0.15, -0.1) is 0 Å². The number of hydrogen-bond donors (Lipinski definition) is 0. The van der Waals surface area contributed by atoms with Crippen LogP contribution in [-0.4, -0.2) is 12.4 Å². The van der Waals surface area contributed by atoms with Crippen LogP contribution in [-0.2, 0) is 0 Å². The minimum absolute atomic E-state index is 0.0129. The summed E-state index contributed by atoms with van der Waals surface area (Å²) in [4.78, 5) is 12.4. The summed E-state index contributed by atoms with van der Waals surface area (Å²) in [6, 6.07) is 6.26. The van der Waals surface area contributed by atoms with Gasteiger partial charge >= 0.3 is 6.61 Å². The third-order valence-corrected chi connectivity index (χ3v) is 3.76. The lowest BCUT2D eigenvalue weighted by molar-refractivity contribution is -0.0502. The van der Waals surface area contributed by atoms with Crippen molar-refractivity contribution < 1.29 is 18.3 Å². The molecule has 2 rings (SSSR count). The number of Topliss-reactive ketones (excluding diaryl/α,β-unsaturated/α-hetero) is 1. The van der Waals surface area contributed by atoms with E-state index in [0.717, 1.165) is 25.7 Å². The second kappa shape index (κ2) is 6.13. The summed E-state index contributed by atoms with van der Waals surface area (Å²) in [7, 11) is 0. The van der Waals surface area contributed by atoms with Gasteiger partial charge in [-0.3, -0.25) is 4.79 Å². The number of hydrogen-bond acceptors (Lipinski definition) is 2. The number of carbonyl (C=O) groups excluding carboxylic acids is 1. The molecule has 1 saturated carbocycles. The van der Waals surface area contributed by atoms with Crippen LogP contribution in [0.2, 0.25) is 0 Å². The predicted octanol–water partition coefficient (Wildman–Crippen LogP) is 4.30. The van der Waals surface area contributed by atoms with Crippen molar-refractivity contribution in [1.82, 2.24) is 0 Å². The fourth-order valence-electron chi connectivity index (χ4n) is 2.61. The number of ether oxygens (including phenoxy) is 1. The topological polar surface area (TPSA) is 26.3 Å². The molecular weight excluding hydrogens is 250 g/mol. The number of ketones is 1. The minimum Gasteiger partial charge on any atom is -0.434 e. The van der Waals surface area contributed by atoms with Gasteiger partial charge in [-0.2, -0.15) is 8.78 Å². The molecule has 0 amide bonds. The highest BCUT2D eigenvalue weighted by Gasteiger charge is 2.27. The Morgan fingerprint density at radius 2 is 1.84 bits per heavy atom. The lowest BCUT2D eigenvalue weighted by atomic mass is 9.79. The van der Waals surface area contributed by atoms with E-state index in [1.807, 2.05) is 0 Å². The third kappa shape index (κ3) is 3.52. The van der Waals surface area contributed by atoms with Crippen LogP contribution in [0.3, 0.4) is 0 Å². The van der Waals surface area contributed by atoms with Gasteiger partial charge in [0, 0.05) is 5.92 Å². The number of benzene rings is 1. The summed E-state index contributed by atoms with van der Waals surface area (Å²) >= 11 is 0. The Labute approximate surface area is 111 Å². The van der Waals surface area contributed by atoms with Crippen molar-refractivity contribution in [3.05, 3.63) is 29.8 Å². The van der Waals surface area contributed by atoms with Crippen molar-refractivity contribution in [3.63, 3.8) is 0 Å². The van der Waals surface area contributed by atoms with E-state index in [2.05, 4.69) is 11.7 Å². The van der Waals surface area contributed by atoms with Crippen LogP contribution in [0.5, 0.6) is 5.75 Å². The zero-order chi connectivity index (χ0) is 13.8. The second-order valence-electron chi connectivity index (χ2n) is 5.20. The molecule has 0 N–H and O–H groups in total. The van der Waals surface area contributed by atoms with E-state index < -0.39 is 6.61 Å². The lowest BCUT2D eigenvalue weighted by Crippen LogP contribution is -2.21. The van der Waals surface area contributed by atoms with Gasteiger partial charge in [0.1, 0.15) is 5.75 Å². The molecule has 0 radical (unpaired) electrons. The van der Waals surface area contributed by atoms with Gasteiger partial charge in [-0.05, 0) is 30.9 Å². The van der Waals surface area contributed by atoms with E-state index in [9.17, 15) is 13.6 Å². The molecule has 4 heteroatoms. The van der Waals surface area contributed by atoms with Crippen LogP contribution in [0.15, 0.2) is 24.3 Å². The maximum Gasteiger partial charge on any atom is 0.387 e. The van der Waals surface area contributed by atoms with Gasteiger partial charge in [0.15, 0.2) is 5.78 Å². The number of rotatable bonds is 4. The Kier molecular flexibility index (Phi) is 4.51. The molecule has 1 aromatic carbocycles. The zero-order valence-corrected chi connectivity index (χ0v) is 10.9. The molecule has 0 atom stereocenters. The Morgan fingerprint density at radius 3 is 2.47 bits per heavy atom. The smallest absolute Gasteiger partial charge is 0.387 e. The maximum absolute atomic E-state index is 12.4. The average molecular weight is 268 g/mol. The minimum atomic E-state index is -2.90. The fraction of sp³-hybridized carbons (Fsp3) is 0.533. The Balaban J connectivity index is 2.14. The van der Waals surface area contributed by atoms with Crippen molar-refractivity contribution in [2.24, 2.45) is 11.8 Å². The van der Waals surface area contributed by atoms with Crippen LogP contribution in [0.25, 0.3) is 0 Å². The summed E-state index contributed by atoms with van der Waals surface area (Å²) < 4.78 is 29.1. The first-order chi connectivity index (χ1) is 9.08. The number of para-hydroxylation sites is 1. The monoisotopic (exact) mass is 268 g/mol. The largest absolute Gasteiger partial charge is 0.434 e. The molecule has 0 bridgehead atoms. The van der Waals surface area contributed by atoms with Crippen LogP contribution < -0.4 is 4.74 Å². The summed E-state index contributed by atoms with van der Waals surface area (Å²) in [5.41, 5.74) is 0.280. The van der Waals surface area contributed by atoms with E-state index in [1.165, 1.54) is 6.07 Å². The normalized spacial score (nSPS) is 23.4. The summed E-state index contributed by atoms with van der Waals surface area (Å²) in [6.07, 6.45) is 3.72. The van der Waals surface area contributed by atoms with Crippen LogP contribution >= 0.6 is 0 Å². The summed E-state index contributed by atoms with van der Waals surface area (Å²) in [5, 5.41) is 0. The van der Waals surface area contributed by atoms with Crippen molar-refractivity contribution in [2.45, 2.75) is 39.2 Å². The lowest BCUT2D eigenvalue weighted by Gasteiger charge is -2.25. The van der Waals surface area contributed by atoms with Gasteiger partial charge in [0.05, 0.1) is 5.56 Å². The first-order valence-electron chi connectivity index (χ1n) is 6.66. The van der Waals surface area contributed by atoms with Gasteiger partial charge in [-0.25, -0.2) is 0 Å². The first kappa shape index (κ1) is 14.0. The molecule has 1 aliphatic carbocycles. The summed E-state index contributed by atoms with van der Waals surface area (Å²) in [6.45, 7) is -0.727. The van der Waals surface area contributed by atoms with Crippen LogP contribution in [0, 0.1) is 11.8 Å². The van der Waals surface area contributed by atoms with Crippen molar-refractivity contribution in [3.8, 4) is 5.75 Å². The van der Waals surface area contributed by atoms with Gasteiger partial charge in [0.25, 0.3) is 0 Å². The van der Waals surface area contributed by atoms with E-state index in [0.29, 0.717) is 5.92 Å². The molecule has 0 aromatic heterocycles. The first-order valence-corrected chi connectivity index (χ1v) is 6.66. The Morgan fingerprint density at radius 1 is 1.21 bits per heavy atom. The molecule has 0 unspecified atom stereocenters. The van der Waals surface area contributed by atoms with Gasteiger partial charge in [0.2, 0.25) is 0 Å². The number of carbonyl (C=O) groups is 1. The number of alkyl halides is 2. The molecule has 2 nitrogen and oxygen atoms in total. The molecular formula is C15H18F2O2. The molecule has 0 heterocycles. The fourth-order valence-corrected chi connectivity index (χ4v) is 2.61. The van der Waals surface area contributed by atoms with E-state index in [4.69, 9.17) is 0 Å². The molecule has 0 saturated heterocycles. The number of halogens is 2. The van der Waals surface area contributed by atoms with Gasteiger partial charge in [-0.1, -0.05) is 31.9 Å². The van der Waals surface area contributed by atoms with Gasteiger partial charge < -0.3 is 4.74 Å². The molecule has 104 valence electrons. The Hall–Kier alpha value is -1.45. The van der Waals surface area contributed by atoms with Crippen molar-refractivity contribution in [1.29, 1.82) is 0 Å².